The van der Waals surface area contributed by atoms with Gasteiger partial charge in [-0.3, -0.25) is 9.59 Å². The van der Waals surface area contributed by atoms with Crippen molar-refractivity contribution < 1.29 is 32.6 Å². The molecule has 8 nitrogen and oxygen atoms in total. The first-order chi connectivity index (χ1) is 10.8. The van der Waals surface area contributed by atoms with Gasteiger partial charge in [-0.25, -0.2) is 9.67 Å². The maximum absolute atomic E-state index is 12.4. The van der Waals surface area contributed by atoms with E-state index in [4.69, 9.17) is 9.84 Å². The molecule has 0 radical (unpaired) electrons. The van der Waals surface area contributed by atoms with Crippen molar-refractivity contribution in [3.05, 3.63) is 12.2 Å². The van der Waals surface area contributed by atoms with Gasteiger partial charge in [0.25, 0.3) is 5.82 Å². The van der Waals surface area contributed by atoms with Crippen LogP contribution in [0.4, 0.5) is 13.2 Å². The van der Waals surface area contributed by atoms with E-state index < -0.39 is 37.0 Å². The highest BCUT2D eigenvalue weighted by Gasteiger charge is 2.36. The van der Waals surface area contributed by atoms with Crippen LogP contribution in [0.3, 0.4) is 0 Å². The zero-order valence-electron chi connectivity index (χ0n) is 12.0. The Morgan fingerprint density at radius 2 is 2.04 bits per heavy atom. The van der Waals surface area contributed by atoms with Gasteiger partial charge in [-0.05, 0) is 12.8 Å². The molecule has 1 aliphatic heterocycles. The maximum atomic E-state index is 12.4. The summed E-state index contributed by atoms with van der Waals surface area (Å²) in [6.07, 6.45) is -2.95. The van der Waals surface area contributed by atoms with Crippen molar-refractivity contribution in [2.75, 3.05) is 19.8 Å². The number of carbonyl (C=O) groups excluding carboxylic acids is 1. The number of alkyl halides is 3. The smallest absolute Gasteiger partial charge is 0.453 e. The average molecular weight is 336 g/mol. The SMILES string of the molecule is O=C(O)CN(C(=O)Cn1cnc(C(F)(F)F)n1)C1CCOCC1. The zero-order chi connectivity index (χ0) is 17.0. The van der Waals surface area contributed by atoms with Crippen LogP contribution < -0.4 is 0 Å². The number of nitrogens with zero attached hydrogens (tertiary/aromatic N) is 4. The Kier molecular flexibility index (Phi) is 5.19. The van der Waals surface area contributed by atoms with E-state index >= 15 is 0 Å². The molecule has 0 spiro atoms. The van der Waals surface area contributed by atoms with E-state index in [1.165, 1.54) is 0 Å². The first-order valence-corrected chi connectivity index (χ1v) is 6.83. The predicted molar refractivity (Wildman–Crippen MR) is 68.2 cm³/mol. The van der Waals surface area contributed by atoms with Crippen LogP contribution in [0.2, 0.25) is 0 Å². The van der Waals surface area contributed by atoms with E-state index in [1.54, 1.807) is 0 Å². The fraction of sp³-hybridized carbons (Fsp3) is 0.667. The van der Waals surface area contributed by atoms with E-state index in [1.807, 2.05) is 0 Å². The van der Waals surface area contributed by atoms with Crippen molar-refractivity contribution >= 4 is 11.9 Å². The molecule has 0 bridgehead atoms. The van der Waals surface area contributed by atoms with Gasteiger partial charge < -0.3 is 14.7 Å². The number of carboxylic acids is 1. The van der Waals surface area contributed by atoms with Crippen molar-refractivity contribution in [3.63, 3.8) is 0 Å². The minimum Gasteiger partial charge on any atom is -0.480 e. The second-order valence-corrected chi connectivity index (χ2v) is 5.02. The molecule has 1 amide bonds. The van der Waals surface area contributed by atoms with Crippen molar-refractivity contribution in [2.24, 2.45) is 0 Å². The highest BCUT2D eigenvalue weighted by atomic mass is 19.4. The molecule has 0 saturated carbocycles. The Morgan fingerprint density at radius 3 is 2.57 bits per heavy atom. The van der Waals surface area contributed by atoms with Crippen LogP contribution in [0.25, 0.3) is 0 Å². The largest absolute Gasteiger partial charge is 0.480 e. The Balaban J connectivity index is 2.07. The standard InChI is InChI=1S/C12H15F3N4O4/c13-12(14,15)11-16-7-18(17-11)5-9(20)19(6-10(21)22)8-1-3-23-4-2-8/h7-8H,1-6H2,(H,21,22). The van der Waals surface area contributed by atoms with Crippen molar-refractivity contribution in [3.8, 4) is 0 Å². The molecule has 1 aliphatic rings. The van der Waals surface area contributed by atoms with Crippen molar-refractivity contribution in [2.45, 2.75) is 31.6 Å². The van der Waals surface area contributed by atoms with Crippen molar-refractivity contribution in [1.29, 1.82) is 0 Å². The number of halogens is 3. The first kappa shape index (κ1) is 17.2. The normalized spacial score (nSPS) is 16.3. The second-order valence-electron chi connectivity index (χ2n) is 5.02. The van der Waals surface area contributed by atoms with Gasteiger partial charge in [0.05, 0.1) is 0 Å². The van der Waals surface area contributed by atoms with Gasteiger partial charge in [0.1, 0.15) is 19.4 Å². The molecule has 0 aromatic carbocycles. The first-order valence-electron chi connectivity index (χ1n) is 6.83. The molecule has 1 aromatic rings. The lowest BCUT2D eigenvalue weighted by atomic mass is 10.1. The van der Waals surface area contributed by atoms with Gasteiger partial charge in [0.15, 0.2) is 0 Å². The summed E-state index contributed by atoms with van der Waals surface area (Å²) in [4.78, 5) is 27.4. The van der Waals surface area contributed by atoms with E-state index in [2.05, 4.69) is 10.1 Å². The minimum atomic E-state index is -4.70. The Bertz CT molecular complexity index is 569. The van der Waals surface area contributed by atoms with Gasteiger partial charge in [-0.2, -0.15) is 13.2 Å². The summed E-state index contributed by atoms with van der Waals surface area (Å²) in [5.74, 6) is -3.17. The minimum absolute atomic E-state index is 0.321. The molecule has 1 N–H and O–H groups in total. The maximum Gasteiger partial charge on any atom is 0.453 e. The number of aromatic nitrogens is 3. The molecule has 11 heteroatoms. The van der Waals surface area contributed by atoms with E-state index in [-0.39, 0.29) is 6.04 Å². The Morgan fingerprint density at radius 1 is 1.39 bits per heavy atom. The second kappa shape index (κ2) is 6.94. The van der Waals surface area contributed by atoms with Crippen LogP contribution in [-0.4, -0.2) is 62.4 Å². The zero-order valence-corrected chi connectivity index (χ0v) is 12.0. The predicted octanol–water partition coefficient (Wildman–Crippen LogP) is 0.389. The van der Waals surface area contributed by atoms with Gasteiger partial charge in [0, 0.05) is 19.3 Å². The Hall–Kier alpha value is -2.17. The summed E-state index contributed by atoms with van der Waals surface area (Å²) in [7, 11) is 0. The lowest BCUT2D eigenvalue weighted by molar-refractivity contribution is -0.148. The number of carboxylic acid groups (broad SMARTS) is 1. The summed E-state index contributed by atoms with van der Waals surface area (Å²) >= 11 is 0. The average Bonchev–Trinajstić information content (AvgIpc) is 2.94. The molecule has 0 unspecified atom stereocenters. The highest BCUT2D eigenvalue weighted by molar-refractivity contribution is 5.81. The molecular formula is C12H15F3N4O4. The summed E-state index contributed by atoms with van der Waals surface area (Å²) in [6.45, 7) is -0.233. The third-order valence-electron chi connectivity index (χ3n) is 3.34. The topological polar surface area (TPSA) is 97.6 Å². The molecule has 0 aliphatic carbocycles. The monoisotopic (exact) mass is 336 g/mol. The summed E-state index contributed by atoms with van der Waals surface area (Å²) in [5, 5.41) is 12.1. The lowest BCUT2D eigenvalue weighted by Gasteiger charge is -2.33. The van der Waals surface area contributed by atoms with Gasteiger partial charge in [-0.1, -0.05) is 0 Å². The van der Waals surface area contributed by atoms with Crippen LogP contribution in [0.5, 0.6) is 0 Å². The molecule has 23 heavy (non-hydrogen) atoms. The molecule has 1 aromatic heterocycles. The number of rotatable bonds is 5. The van der Waals surface area contributed by atoms with Crippen LogP contribution in [0.1, 0.15) is 18.7 Å². The van der Waals surface area contributed by atoms with E-state index in [0.717, 1.165) is 15.9 Å². The summed E-state index contributed by atoms with van der Waals surface area (Å²) in [5.41, 5.74) is 0. The summed E-state index contributed by atoms with van der Waals surface area (Å²) < 4.78 is 43.2. The summed E-state index contributed by atoms with van der Waals surface area (Å²) in [6, 6.07) is -0.321. The molecule has 0 atom stereocenters. The molecular weight excluding hydrogens is 321 g/mol. The van der Waals surface area contributed by atoms with Crippen LogP contribution in [0.15, 0.2) is 6.33 Å². The van der Waals surface area contributed by atoms with Crippen LogP contribution >= 0.6 is 0 Å². The Labute approximate surface area is 128 Å². The molecule has 1 fully saturated rings. The number of ether oxygens (including phenoxy) is 1. The van der Waals surface area contributed by atoms with Crippen LogP contribution in [-0.2, 0) is 27.0 Å². The van der Waals surface area contributed by atoms with Gasteiger partial charge >= 0.3 is 12.1 Å². The third-order valence-corrected chi connectivity index (χ3v) is 3.34. The van der Waals surface area contributed by atoms with E-state index in [0.29, 0.717) is 26.1 Å². The number of amides is 1. The number of aliphatic carboxylic acids is 1. The fourth-order valence-corrected chi connectivity index (χ4v) is 2.29. The fourth-order valence-electron chi connectivity index (χ4n) is 2.29. The van der Waals surface area contributed by atoms with E-state index in [9.17, 15) is 22.8 Å². The lowest BCUT2D eigenvalue weighted by Crippen LogP contribution is -2.47. The number of carbonyl (C=O) groups is 2. The van der Waals surface area contributed by atoms with Crippen LogP contribution in [0, 0.1) is 0 Å². The molecule has 2 heterocycles. The quantitative estimate of drug-likeness (QED) is 0.835. The van der Waals surface area contributed by atoms with Gasteiger partial charge in [-0.15, -0.1) is 5.10 Å². The molecule has 1 saturated heterocycles. The van der Waals surface area contributed by atoms with Gasteiger partial charge in [0.2, 0.25) is 5.91 Å². The number of hydrogen-bond donors (Lipinski definition) is 1. The molecule has 128 valence electrons. The number of hydrogen-bond acceptors (Lipinski definition) is 5. The third kappa shape index (κ3) is 4.65. The highest BCUT2D eigenvalue weighted by Crippen LogP contribution is 2.25. The van der Waals surface area contributed by atoms with Crippen molar-refractivity contribution in [1.82, 2.24) is 19.7 Å². The molecule has 2 rings (SSSR count).